The molecule has 0 radical (unpaired) electrons. The molecule has 2 bridgehead atoms. The summed E-state index contributed by atoms with van der Waals surface area (Å²) in [5.41, 5.74) is -0.0534. The number of hydrogen-bond acceptors (Lipinski definition) is 4. The van der Waals surface area contributed by atoms with E-state index in [-0.39, 0.29) is 17.9 Å². The molecule has 23 heavy (non-hydrogen) atoms. The molecule has 2 fully saturated rings. The van der Waals surface area contributed by atoms with Crippen molar-refractivity contribution in [1.82, 2.24) is 0 Å². The fourth-order valence-corrected chi connectivity index (χ4v) is 3.82. The highest BCUT2D eigenvalue weighted by atomic mass is 16.5. The Labute approximate surface area is 134 Å². The fraction of sp³-hybridized carbons (Fsp3) is 0.444. The van der Waals surface area contributed by atoms with E-state index in [4.69, 9.17) is 9.47 Å². The van der Waals surface area contributed by atoms with Gasteiger partial charge in [0.25, 0.3) is 0 Å². The van der Waals surface area contributed by atoms with Crippen LogP contribution in [0, 0.1) is 11.8 Å². The van der Waals surface area contributed by atoms with Crippen LogP contribution in [-0.2, 0) is 14.3 Å². The molecule has 2 amide bonds. The first-order chi connectivity index (χ1) is 11.0. The van der Waals surface area contributed by atoms with Crippen molar-refractivity contribution < 1.29 is 19.1 Å². The normalized spacial score (nSPS) is 34.3. The van der Waals surface area contributed by atoms with Crippen LogP contribution < -0.4 is 9.64 Å². The molecule has 4 rings (SSSR count). The molecule has 4 atom stereocenters. The Morgan fingerprint density at radius 3 is 2.61 bits per heavy atom. The summed E-state index contributed by atoms with van der Waals surface area (Å²) in [5, 5.41) is 0. The maximum Gasteiger partial charge on any atom is 0.241 e. The number of carbonyl (C=O) groups is 2. The Bertz CT molecular complexity index is 695. The van der Waals surface area contributed by atoms with Crippen LogP contribution in [0.1, 0.15) is 20.3 Å². The fourth-order valence-electron chi connectivity index (χ4n) is 3.82. The number of hydrogen-bond donors (Lipinski definition) is 0. The predicted octanol–water partition coefficient (Wildman–Crippen LogP) is 2.31. The van der Waals surface area contributed by atoms with Gasteiger partial charge in [0.15, 0.2) is 0 Å². The minimum Gasteiger partial charge on any atom is -0.494 e. The summed E-state index contributed by atoms with van der Waals surface area (Å²) in [4.78, 5) is 26.9. The van der Waals surface area contributed by atoms with E-state index in [2.05, 4.69) is 0 Å². The predicted molar refractivity (Wildman–Crippen MR) is 84.1 cm³/mol. The zero-order valence-electron chi connectivity index (χ0n) is 13.2. The van der Waals surface area contributed by atoms with Gasteiger partial charge < -0.3 is 9.47 Å². The van der Waals surface area contributed by atoms with Gasteiger partial charge in [0.2, 0.25) is 11.8 Å². The van der Waals surface area contributed by atoms with Gasteiger partial charge in [-0.1, -0.05) is 19.1 Å². The second-order valence-electron chi connectivity index (χ2n) is 6.48. The molecule has 1 aromatic carbocycles. The zero-order chi connectivity index (χ0) is 16.2. The van der Waals surface area contributed by atoms with Gasteiger partial charge in [-0.05, 0) is 37.6 Å². The van der Waals surface area contributed by atoms with E-state index in [1.807, 2.05) is 26.0 Å². The Morgan fingerprint density at radius 2 is 1.96 bits per heavy atom. The van der Waals surface area contributed by atoms with Crippen molar-refractivity contribution in [1.29, 1.82) is 0 Å². The number of rotatable bonds is 4. The molecule has 2 saturated heterocycles. The lowest BCUT2D eigenvalue weighted by atomic mass is 9.78. The molecule has 0 aliphatic carbocycles. The number of fused-ring (bicyclic) bond motifs is 5. The molecule has 3 aliphatic rings. The summed E-state index contributed by atoms with van der Waals surface area (Å²) in [5.74, 6) is -0.404. The first-order valence-corrected chi connectivity index (χ1v) is 8.03. The van der Waals surface area contributed by atoms with Gasteiger partial charge >= 0.3 is 0 Å². The summed E-state index contributed by atoms with van der Waals surface area (Å²) in [7, 11) is 0. The molecule has 0 N–H and O–H groups in total. The van der Waals surface area contributed by atoms with Crippen molar-refractivity contribution in [2.45, 2.75) is 32.0 Å². The average Bonchev–Trinajstić information content (AvgIpc) is 3.15. The Morgan fingerprint density at radius 1 is 1.22 bits per heavy atom. The highest BCUT2D eigenvalue weighted by Gasteiger charge is 2.65. The van der Waals surface area contributed by atoms with E-state index < -0.39 is 17.4 Å². The molecule has 120 valence electrons. The van der Waals surface area contributed by atoms with Crippen molar-refractivity contribution in [2.75, 3.05) is 11.5 Å². The average molecular weight is 313 g/mol. The van der Waals surface area contributed by atoms with Crippen LogP contribution in [0.15, 0.2) is 36.4 Å². The van der Waals surface area contributed by atoms with Crippen LogP contribution in [0.25, 0.3) is 0 Å². The maximum absolute atomic E-state index is 12.8. The lowest BCUT2D eigenvalue weighted by Gasteiger charge is -2.24. The third-order valence-corrected chi connectivity index (χ3v) is 4.90. The number of amides is 2. The van der Waals surface area contributed by atoms with Crippen LogP contribution in [0.3, 0.4) is 0 Å². The Balaban J connectivity index is 1.61. The van der Waals surface area contributed by atoms with E-state index in [0.717, 1.165) is 12.2 Å². The van der Waals surface area contributed by atoms with Crippen molar-refractivity contribution in [2.24, 2.45) is 11.8 Å². The summed E-state index contributed by atoms with van der Waals surface area (Å²) in [6.45, 7) is 4.57. The van der Waals surface area contributed by atoms with Gasteiger partial charge in [0.05, 0.1) is 35.8 Å². The second-order valence-corrected chi connectivity index (χ2v) is 6.48. The Hall–Kier alpha value is -2.14. The molecule has 0 spiro atoms. The molecule has 1 aromatic rings. The number of anilines is 1. The molecule has 3 heterocycles. The summed E-state index contributed by atoms with van der Waals surface area (Å²) >= 11 is 0. The van der Waals surface area contributed by atoms with Crippen molar-refractivity contribution in [3.63, 3.8) is 0 Å². The monoisotopic (exact) mass is 313 g/mol. The molecule has 0 unspecified atom stereocenters. The topological polar surface area (TPSA) is 55.8 Å². The maximum atomic E-state index is 12.8. The number of nitrogens with zero attached hydrogens (tertiary/aromatic N) is 1. The van der Waals surface area contributed by atoms with Gasteiger partial charge in [0.1, 0.15) is 5.75 Å². The molecular formula is C18H19NO4. The first-order valence-electron chi connectivity index (χ1n) is 8.03. The van der Waals surface area contributed by atoms with E-state index in [1.54, 1.807) is 24.3 Å². The third-order valence-electron chi connectivity index (χ3n) is 4.90. The van der Waals surface area contributed by atoms with Crippen LogP contribution in [0.4, 0.5) is 5.69 Å². The number of carbonyl (C=O) groups excluding carboxylic acids is 2. The van der Waals surface area contributed by atoms with Crippen LogP contribution in [0.2, 0.25) is 0 Å². The lowest BCUT2D eigenvalue weighted by molar-refractivity contribution is -0.126. The third kappa shape index (κ3) is 1.96. The smallest absolute Gasteiger partial charge is 0.241 e. The van der Waals surface area contributed by atoms with Gasteiger partial charge in [-0.2, -0.15) is 0 Å². The SMILES string of the molecule is CCCOc1ccc(N2C(=O)[C@H]3[C@@H]4C=C[C@](C)(O4)[C@@H]3C2=O)cc1. The van der Waals surface area contributed by atoms with Crippen molar-refractivity contribution in [3.8, 4) is 5.75 Å². The lowest BCUT2D eigenvalue weighted by Crippen LogP contribution is -2.38. The molecule has 0 saturated carbocycles. The summed E-state index contributed by atoms with van der Waals surface area (Å²) < 4.78 is 11.4. The number of ether oxygens (including phenoxy) is 2. The molecule has 3 aliphatic heterocycles. The quantitative estimate of drug-likeness (QED) is 0.632. The summed E-state index contributed by atoms with van der Waals surface area (Å²) in [6.07, 6.45) is 4.46. The minimum atomic E-state index is -0.652. The van der Waals surface area contributed by atoms with E-state index in [0.29, 0.717) is 12.3 Å². The van der Waals surface area contributed by atoms with Gasteiger partial charge in [0, 0.05) is 0 Å². The van der Waals surface area contributed by atoms with Gasteiger partial charge in [-0.25, -0.2) is 4.90 Å². The standard InChI is InChI=1S/C18H19NO4/c1-3-10-22-12-6-4-11(5-7-12)19-16(20)14-13-8-9-18(2,23-13)15(14)17(19)21/h4-9,13-15H,3,10H2,1-2H3/t13-,14-,15-,18-/m0/s1. The molecule has 5 heteroatoms. The van der Waals surface area contributed by atoms with Crippen LogP contribution in [0.5, 0.6) is 5.75 Å². The highest BCUT2D eigenvalue weighted by Crippen LogP contribution is 2.52. The second kappa shape index (κ2) is 4.93. The van der Waals surface area contributed by atoms with Gasteiger partial charge in [-0.3, -0.25) is 9.59 Å². The highest BCUT2D eigenvalue weighted by molar-refractivity contribution is 6.23. The zero-order valence-corrected chi connectivity index (χ0v) is 13.2. The molecule has 0 aromatic heterocycles. The van der Waals surface area contributed by atoms with E-state index in [9.17, 15) is 9.59 Å². The molecular weight excluding hydrogens is 294 g/mol. The Kier molecular flexibility index (Phi) is 3.10. The first kappa shape index (κ1) is 14.5. The molecule has 5 nitrogen and oxygen atoms in total. The largest absolute Gasteiger partial charge is 0.494 e. The number of benzene rings is 1. The number of imide groups is 1. The van der Waals surface area contributed by atoms with Crippen molar-refractivity contribution >= 4 is 17.5 Å². The van der Waals surface area contributed by atoms with Crippen molar-refractivity contribution in [3.05, 3.63) is 36.4 Å². The minimum absolute atomic E-state index is 0.166. The van der Waals surface area contributed by atoms with Crippen LogP contribution >= 0.6 is 0 Å². The van der Waals surface area contributed by atoms with Gasteiger partial charge in [-0.15, -0.1) is 0 Å². The van der Waals surface area contributed by atoms with E-state index >= 15 is 0 Å². The van der Waals surface area contributed by atoms with E-state index in [1.165, 1.54) is 4.90 Å². The van der Waals surface area contributed by atoms with Crippen LogP contribution in [-0.4, -0.2) is 30.1 Å². The summed E-state index contributed by atoms with van der Waals surface area (Å²) in [6, 6.07) is 7.12.